The highest BCUT2D eigenvalue weighted by atomic mass is 35.5. The van der Waals surface area contributed by atoms with Crippen molar-refractivity contribution >= 4 is 45.0 Å². The van der Waals surface area contributed by atoms with Crippen LogP contribution in [0.2, 0.25) is 5.02 Å². The molecule has 2 heterocycles. The van der Waals surface area contributed by atoms with Crippen LogP contribution >= 0.6 is 11.6 Å². The van der Waals surface area contributed by atoms with E-state index in [1.165, 1.54) is 12.1 Å². The van der Waals surface area contributed by atoms with Gasteiger partial charge in [-0.1, -0.05) is 42.4 Å². The minimum absolute atomic E-state index is 0.00298. The van der Waals surface area contributed by atoms with Gasteiger partial charge in [0.25, 0.3) is 0 Å². The minimum Gasteiger partial charge on any atom is -0.508 e. The number of aliphatic hydroxyl groups is 1. The van der Waals surface area contributed by atoms with Gasteiger partial charge in [-0.2, -0.15) is 0 Å². The van der Waals surface area contributed by atoms with Gasteiger partial charge in [0, 0.05) is 50.2 Å². The van der Waals surface area contributed by atoms with Gasteiger partial charge in [-0.05, 0) is 47.0 Å². The third-order valence-electron chi connectivity index (χ3n) is 6.65. The van der Waals surface area contributed by atoms with Crippen molar-refractivity contribution in [2.75, 3.05) is 37.7 Å². The van der Waals surface area contributed by atoms with Crippen molar-refractivity contribution in [1.82, 2.24) is 14.9 Å². The van der Waals surface area contributed by atoms with E-state index in [2.05, 4.69) is 11.6 Å². The van der Waals surface area contributed by atoms with E-state index in [0.717, 1.165) is 10.8 Å². The maximum Gasteiger partial charge on any atom is 0.246 e. The van der Waals surface area contributed by atoms with Crippen molar-refractivity contribution in [2.45, 2.75) is 12.8 Å². The molecule has 37 heavy (non-hydrogen) atoms. The summed E-state index contributed by atoms with van der Waals surface area (Å²) in [5.41, 5.74) is 0.739. The predicted octanol–water partition coefficient (Wildman–Crippen LogP) is 4.71. The van der Waals surface area contributed by atoms with E-state index in [0.29, 0.717) is 61.6 Å². The van der Waals surface area contributed by atoms with Crippen molar-refractivity contribution in [2.24, 2.45) is 0 Å². The lowest BCUT2D eigenvalue weighted by Gasteiger charge is -2.35. The molecule has 0 bridgehead atoms. The quantitative estimate of drug-likeness (QED) is 0.358. The van der Waals surface area contributed by atoms with E-state index < -0.39 is 5.82 Å². The second-order valence-corrected chi connectivity index (χ2v) is 9.37. The zero-order valence-corrected chi connectivity index (χ0v) is 20.9. The number of benzene rings is 3. The maximum absolute atomic E-state index is 16.4. The molecule has 4 aromatic rings. The highest BCUT2D eigenvalue weighted by molar-refractivity contribution is 6.35. The van der Waals surface area contributed by atoms with Gasteiger partial charge < -0.3 is 20.0 Å². The molecule has 0 saturated carbocycles. The summed E-state index contributed by atoms with van der Waals surface area (Å²) in [7, 11) is 0. The summed E-state index contributed by atoms with van der Waals surface area (Å²) in [5.74, 6) is 0.217. The summed E-state index contributed by atoms with van der Waals surface area (Å²) in [6.45, 7) is 5.48. The van der Waals surface area contributed by atoms with Crippen LogP contribution in [0.4, 0.5) is 10.2 Å². The molecule has 0 aliphatic carbocycles. The van der Waals surface area contributed by atoms with Crippen LogP contribution in [0, 0.1) is 5.82 Å². The second-order valence-electron chi connectivity index (χ2n) is 8.97. The first-order valence-electron chi connectivity index (χ1n) is 12.1. The van der Waals surface area contributed by atoms with Gasteiger partial charge in [-0.3, -0.25) is 4.79 Å². The Bertz CT molecular complexity index is 1520. The molecule has 9 heteroatoms. The number of aromatic nitrogens is 2. The molecule has 3 aromatic carbocycles. The molecule has 0 atom stereocenters. The number of aromatic hydroxyl groups is 1. The Balaban J connectivity index is 1.68. The number of anilines is 1. The van der Waals surface area contributed by atoms with Crippen molar-refractivity contribution in [1.29, 1.82) is 0 Å². The number of carbonyl (C=O) groups is 1. The molecule has 1 fully saturated rings. The summed E-state index contributed by atoms with van der Waals surface area (Å²) in [6, 6.07) is 12.2. The Morgan fingerprint density at radius 3 is 2.59 bits per heavy atom. The largest absolute Gasteiger partial charge is 0.508 e. The molecule has 0 spiro atoms. The maximum atomic E-state index is 16.4. The fourth-order valence-electron chi connectivity index (χ4n) is 4.83. The van der Waals surface area contributed by atoms with E-state index in [-0.39, 0.29) is 34.4 Å². The number of fused-ring (bicyclic) bond motifs is 2. The van der Waals surface area contributed by atoms with Crippen LogP contribution in [-0.2, 0) is 11.2 Å². The van der Waals surface area contributed by atoms with E-state index in [4.69, 9.17) is 16.6 Å². The minimum atomic E-state index is -0.604. The zero-order valence-electron chi connectivity index (χ0n) is 20.1. The molecule has 1 amide bonds. The number of hydrogen-bond acceptors (Lipinski definition) is 6. The fourth-order valence-corrected chi connectivity index (χ4v) is 5.13. The molecular formula is C28H26ClFN4O3. The fraction of sp³-hybridized carbons (Fsp3) is 0.250. The van der Waals surface area contributed by atoms with Crippen LogP contribution in [0.15, 0.2) is 55.1 Å². The molecule has 190 valence electrons. The Kier molecular flexibility index (Phi) is 6.95. The van der Waals surface area contributed by atoms with E-state index in [1.54, 1.807) is 17.0 Å². The number of halogens is 2. The van der Waals surface area contributed by atoms with Crippen molar-refractivity contribution in [3.63, 3.8) is 0 Å². The molecule has 5 rings (SSSR count). The Labute approximate surface area is 218 Å². The molecule has 2 N–H and O–H groups in total. The van der Waals surface area contributed by atoms with E-state index >= 15 is 4.39 Å². The molecule has 1 aliphatic heterocycles. The first kappa shape index (κ1) is 24.9. The summed E-state index contributed by atoms with van der Waals surface area (Å²) in [6.07, 6.45) is 2.11. The molecule has 7 nitrogen and oxygen atoms in total. The lowest BCUT2D eigenvalue weighted by Crippen LogP contribution is -2.48. The monoisotopic (exact) mass is 520 g/mol. The normalized spacial score (nSPS) is 13.9. The Morgan fingerprint density at radius 1 is 1.11 bits per heavy atom. The van der Waals surface area contributed by atoms with Gasteiger partial charge in [-0.25, -0.2) is 14.4 Å². The van der Waals surface area contributed by atoms with Gasteiger partial charge in [0.15, 0.2) is 5.82 Å². The van der Waals surface area contributed by atoms with Gasteiger partial charge in [0.1, 0.15) is 22.9 Å². The van der Waals surface area contributed by atoms with Gasteiger partial charge >= 0.3 is 0 Å². The lowest BCUT2D eigenvalue weighted by molar-refractivity contribution is -0.126. The molecule has 1 saturated heterocycles. The van der Waals surface area contributed by atoms with Crippen molar-refractivity contribution in [3.8, 4) is 16.9 Å². The highest BCUT2D eigenvalue weighted by Crippen LogP contribution is 2.42. The summed E-state index contributed by atoms with van der Waals surface area (Å²) in [5, 5.41) is 21.8. The van der Waals surface area contributed by atoms with Gasteiger partial charge in [0.05, 0.1) is 5.02 Å². The van der Waals surface area contributed by atoms with Crippen LogP contribution in [-0.4, -0.2) is 63.8 Å². The predicted molar refractivity (Wildman–Crippen MR) is 144 cm³/mol. The van der Waals surface area contributed by atoms with Crippen LogP contribution in [0.3, 0.4) is 0 Å². The number of carbonyl (C=O) groups excluding carboxylic acids is 1. The Morgan fingerprint density at radius 2 is 1.86 bits per heavy atom. The molecule has 1 aliphatic rings. The molecular weight excluding hydrogens is 495 g/mol. The average molecular weight is 521 g/mol. The van der Waals surface area contributed by atoms with Gasteiger partial charge in [0.2, 0.25) is 5.91 Å². The van der Waals surface area contributed by atoms with E-state index in [1.807, 2.05) is 29.2 Å². The smallest absolute Gasteiger partial charge is 0.246 e. The standard InChI is InChI=1S/C28H26ClFN4O3/c1-2-24(37)33-9-11-34(12-10-33)28-21-16-22(29)25(26(30)27(21)31-23(32-28)8-5-13-35)20-15-18(36)14-17-6-3-4-7-19(17)20/h2-4,6-7,14-16,35-36H,1,5,8-13H2. The number of hydrogen-bond donors (Lipinski definition) is 2. The topological polar surface area (TPSA) is 89.8 Å². The zero-order chi connectivity index (χ0) is 26.1. The average Bonchev–Trinajstić information content (AvgIpc) is 2.91. The van der Waals surface area contributed by atoms with Crippen LogP contribution < -0.4 is 4.90 Å². The molecule has 0 radical (unpaired) electrons. The van der Waals surface area contributed by atoms with Crippen molar-refractivity contribution in [3.05, 3.63) is 71.8 Å². The summed E-state index contributed by atoms with van der Waals surface area (Å²) >= 11 is 6.72. The SMILES string of the molecule is C=CC(=O)N1CCN(c2nc(CCCO)nc3c(F)c(-c4cc(O)cc5ccccc45)c(Cl)cc23)CC1. The highest BCUT2D eigenvalue weighted by Gasteiger charge is 2.26. The lowest BCUT2D eigenvalue weighted by atomic mass is 9.96. The van der Waals surface area contributed by atoms with Crippen molar-refractivity contribution < 1.29 is 19.4 Å². The summed E-state index contributed by atoms with van der Waals surface area (Å²) < 4.78 is 16.4. The first-order valence-corrected chi connectivity index (χ1v) is 12.5. The number of phenolic OH excluding ortho intramolecular Hbond substituents is 1. The summed E-state index contributed by atoms with van der Waals surface area (Å²) in [4.78, 5) is 25.0. The number of aryl methyl sites for hydroxylation is 1. The van der Waals surface area contributed by atoms with Crippen LogP contribution in [0.5, 0.6) is 5.75 Å². The third kappa shape index (κ3) is 4.70. The second kappa shape index (κ2) is 10.3. The number of phenols is 1. The van der Waals surface area contributed by atoms with E-state index in [9.17, 15) is 15.0 Å². The molecule has 1 aromatic heterocycles. The van der Waals surface area contributed by atoms with Crippen LogP contribution in [0.1, 0.15) is 12.2 Å². The number of nitrogens with zero attached hydrogens (tertiary/aromatic N) is 4. The number of aliphatic hydroxyl groups excluding tert-OH is 1. The molecule has 0 unspecified atom stereocenters. The van der Waals surface area contributed by atoms with Crippen LogP contribution in [0.25, 0.3) is 32.8 Å². The number of piperazine rings is 1. The first-order chi connectivity index (χ1) is 17.9. The third-order valence-corrected chi connectivity index (χ3v) is 6.95. The number of amides is 1. The number of rotatable bonds is 6. The van der Waals surface area contributed by atoms with Gasteiger partial charge in [-0.15, -0.1) is 0 Å². The Hall–Kier alpha value is -3.75.